The zero-order valence-corrected chi connectivity index (χ0v) is 13.5. The van der Waals surface area contributed by atoms with Crippen molar-refractivity contribution in [2.45, 2.75) is 25.8 Å². The highest BCUT2D eigenvalue weighted by atomic mass is 19.1. The standard InChI is InChI=1S/C17H23FN2O3/c1-12(11-23-2)19-16(21)13-7-9-20(10-8-13)17(22)14-3-5-15(18)6-4-14/h3-6,12-13H,7-11H2,1-2H3,(H,19,21). The van der Waals surface area contributed by atoms with Crippen LogP contribution in [0.5, 0.6) is 0 Å². The van der Waals surface area contributed by atoms with Gasteiger partial charge in [0.15, 0.2) is 0 Å². The average Bonchev–Trinajstić information content (AvgIpc) is 2.55. The molecule has 1 aromatic carbocycles. The van der Waals surface area contributed by atoms with Crippen LogP contribution in [0.2, 0.25) is 0 Å². The first-order chi connectivity index (χ1) is 11.0. The number of piperidine rings is 1. The van der Waals surface area contributed by atoms with E-state index in [0.29, 0.717) is 38.1 Å². The van der Waals surface area contributed by atoms with Crippen LogP contribution < -0.4 is 5.32 Å². The first-order valence-electron chi connectivity index (χ1n) is 7.85. The maximum Gasteiger partial charge on any atom is 0.253 e. The molecule has 1 unspecified atom stereocenters. The number of halogens is 1. The Labute approximate surface area is 135 Å². The van der Waals surface area contributed by atoms with Gasteiger partial charge in [0.05, 0.1) is 6.61 Å². The highest BCUT2D eigenvalue weighted by molar-refractivity contribution is 5.94. The Morgan fingerprint density at radius 2 is 1.91 bits per heavy atom. The molecule has 126 valence electrons. The zero-order chi connectivity index (χ0) is 16.8. The van der Waals surface area contributed by atoms with Crippen LogP contribution in [0.1, 0.15) is 30.1 Å². The van der Waals surface area contributed by atoms with E-state index >= 15 is 0 Å². The Bertz CT molecular complexity index is 539. The van der Waals surface area contributed by atoms with Gasteiger partial charge in [-0.3, -0.25) is 9.59 Å². The summed E-state index contributed by atoms with van der Waals surface area (Å²) in [4.78, 5) is 26.2. The van der Waals surface area contributed by atoms with Gasteiger partial charge < -0.3 is 15.0 Å². The normalized spacial score (nSPS) is 16.9. The summed E-state index contributed by atoms with van der Waals surface area (Å²) in [6.45, 7) is 3.45. The summed E-state index contributed by atoms with van der Waals surface area (Å²) < 4.78 is 17.9. The van der Waals surface area contributed by atoms with Crippen molar-refractivity contribution in [2.24, 2.45) is 5.92 Å². The van der Waals surface area contributed by atoms with E-state index in [1.807, 2.05) is 6.92 Å². The molecule has 1 fully saturated rings. The van der Waals surface area contributed by atoms with Crippen LogP contribution in [0.25, 0.3) is 0 Å². The lowest BCUT2D eigenvalue weighted by molar-refractivity contribution is -0.127. The van der Waals surface area contributed by atoms with E-state index in [2.05, 4.69) is 5.32 Å². The fourth-order valence-electron chi connectivity index (χ4n) is 2.77. The van der Waals surface area contributed by atoms with Crippen LogP contribution in [-0.2, 0) is 9.53 Å². The van der Waals surface area contributed by atoms with Crippen LogP contribution in [-0.4, -0.2) is 49.6 Å². The lowest BCUT2D eigenvalue weighted by atomic mass is 9.95. The van der Waals surface area contributed by atoms with Gasteiger partial charge in [-0.25, -0.2) is 4.39 Å². The third-order valence-electron chi connectivity index (χ3n) is 4.05. The number of hydrogen-bond donors (Lipinski definition) is 1. The Hall–Kier alpha value is -1.95. The predicted molar refractivity (Wildman–Crippen MR) is 84.5 cm³/mol. The van der Waals surface area contributed by atoms with Gasteiger partial charge in [0.2, 0.25) is 5.91 Å². The van der Waals surface area contributed by atoms with Gasteiger partial charge in [0.1, 0.15) is 5.82 Å². The van der Waals surface area contributed by atoms with Gasteiger partial charge in [-0.1, -0.05) is 0 Å². The highest BCUT2D eigenvalue weighted by Gasteiger charge is 2.28. The number of nitrogens with zero attached hydrogens (tertiary/aromatic N) is 1. The third kappa shape index (κ3) is 4.76. The molecule has 1 aromatic rings. The number of benzene rings is 1. The largest absolute Gasteiger partial charge is 0.383 e. The Kier molecular flexibility index (Phi) is 6.10. The van der Waals surface area contributed by atoms with Gasteiger partial charge in [-0.05, 0) is 44.0 Å². The second kappa shape index (κ2) is 8.06. The molecule has 0 spiro atoms. The van der Waals surface area contributed by atoms with Gasteiger partial charge in [-0.15, -0.1) is 0 Å². The van der Waals surface area contributed by atoms with E-state index in [9.17, 15) is 14.0 Å². The van der Waals surface area contributed by atoms with Crippen LogP contribution in [0.3, 0.4) is 0 Å². The zero-order valence-electron chi connectivity index (χ0n) is 13.5. The van der Waals surface area contributed by atoms with Crippen molar-refractivity contribution < 1.29 is 18.7 Å². The number of carbonyl (C=O) groups excluding carboxylic acids is 2. The van der Waals surface area contributed by atoms with Gasteiger partial charge in [-0.2, -0.15) is 0 Å². The summed E-state index contributed by atoms with van der Waals surface area (Å²) in [6, 6.07) is 5.52. The molecule has 23 heavy (non-hydrogen) atoms. The molecule has 0 aromatic heterocycles. The van der Waals surface area contributed by atoms with Crippen LogP contribution in [0.15, 0.2) is 24.3 Å². The lowest BCUT2D eigenvalue weighted by Crippen LogP contribution is -2.45. The predicted octanol–water partition coefficient (Wildman–Crippen LogP) is 1.83. The second-order valence-corrected chi connectivity index (χ2v) is 5.94. The van der Waals surface area contributed by atoms with E-state index < -0.39 is 0 Å². The molecular formula is C17H23FN2O3. The van der Waals surface area contributed by atoms with Crippen LogP contribution in [0.4, 0.5) is 4.39 Å². The van der Waals surface area contributed by atoms with Crippen molar-refractivity contribution in [3.05, 3.63) is 35.6 Å². The van der Waals surface area contributed by atoms with Gasteiger partial charge in [0, 0.05) is 37.7 Å². The summed E-state index contributed by atoms with van der Waals surface area (Å²) in [5, 5.41) is 2.92. The molecular weight excluding hydrogens is 299 g/mol. The first kappa shape index (κ1) is 17.4. The molecule has 1 N–H and O–H groups in total. The van der Waals surface area contributed by atoms with E-state index in [0.717, 1.165) is 0 Å². The molecule has 6 heteroatoms. The summed E-state index contributed by atoms with van der Waals surface area (Å²) in [7, 11) is 1.60. The summed E-state index contributed by atoms with van der Waals surface area (Å²) >= 11 is 0. The van der Waals surface area contributed by atoms with Crippen molar-refractivity contribution in [3.8, 4) is 0 Å². The molecule has 1 atom stereocenters. The van der Waals surface area contributed by atoms with Gasteiger partial charge in [0.25, 0.3) is 5.91 Å². The van der Waals surface area contributed by atoms with Crippen molar-refractivity contribution in [2.75, 3.05) is 26.8 Å². The molecule has 0 saturated carbocycles. The average molecular weight is 322 g/mol. The number of methoxy groups -OCH3 is 1. The minimum atomic E-state index is -0.359. The number of hydrogen-bond acceptors (Lipinski definition) is 3. The first-order valence-corrected chi connectivity index (χ1v) is 7.85. The molecule has 1 aliphatic heterocycles. The number of rotatable bonds is 5. The molecule has 5 nitrogen and oxygen atoms in total. The van der Waals surface area contributed by atoms with E-state index in [4.69, 9.17) is 4.74 Å². The Morgan fingerprint density at radius 3 is 2.48 bits per heavy atom. The molecule has 0 bridgehead atoms. The maximum absolute atomic E-state index is 12.9. The molecule has 2 amide bonds. The molecule has 1 heterocycles. The summed E-state index contributed by atoms with van der Waals surface area (Å²) in [5.41, 5.74) is 0.475. The number of nitrogens with one attached hydrogen (secondary N) is 1. The monoisotopic (exact) mass is 322 g/mol. The maximum atomic E-state index is 12.9. The third-order valence-corrected chi connectivity index (χ3v) is 4.05. The molecule has 0 radical (unpaired) electrons. The smallest absolute Gasteiger partial charge is 0.253 e. The number of carbonyl (C=O) groups is 2. The Balaban J connectivity index is 1.84. The minimum Gasteiger partial charge on any atom is -0.383 e. The minimum absolute atomic E-state index is 0.0171. The highest BCUT2D eigenvalue weighted by Crippen LogP contribution is 2.19. The van der Waals surface area contributed by atoms with Crippen LogP contribution >= 0.6 is 0 Å². The Morgan fingerprint density at radius 1 is 1.30 bits per heavy atom. The van der Waals surface area contributed by atoms with Crippen molar-refractivity contribution in [1.29, 1.82) is 0 Å². The van der Waals surface area contributed by atoms with E-state index in [1.165, 1.54) is 24.3 Å². The fourth-order valence-corrected chi connectivity index (χ4v) is 2.77. The van der Waals surface area contributed by atoms with E-state index in [1.54, 1.807) is 12.0 Å². The lowest BCUT2D eigenvalue weighted by Gasteiger charge is -2.32. The topological polar surface area (TPSA) is 58.6 Å². The van der Waals surface area contributed by atoms with Crippen molar-refractivity contribution in [3.63, 3.8) is 0 Å². The molecule has 1 aliphatic rings. The van der Waals surface area contributed by atoms with Crippen LogP contribution in [0, 0.1) is 11.7 Å². The summed E-state index contributed by atoms with van der Waals surface area (Å²) in [5.74, 6) is -0.534. The second-order valence-electron chi connectivity index (χ2n) is 5.94. The quantitative estimate of drug-likeness (QED) is 0.900. The van der Waals surface area contributed by atoms with Gasteiger partial charge >= 0.3 is 0 Å². The van der Waals surface area contributed by atoms with E-state index in [-0.39, 0.29) is 29.6 Å². The fraction of sp³-hybridized carbons (Fsp3) is 0.529. The molecule has 0 aliphatic carbocycles. The van der Waals surface area contributed by atoms with Crippen molar-refractivity contribution >= 4 is 11.8 Å². The SMILES string of the molecule is COCC(C)NC(=O)C1CCN(C(=O)c2ccc(F)cc2)CC1. The molecule has 1 saturated heterocycles. The number of likely N-dealkylation sites (tertiary alicyclic amines) is 1. The summed E-state index contributed by atoms with van der Waals surface area (Å²) in [6.07, 6.45) is 1.27. The van der Waals surface area contributed by atoms with Crippen molar-refractivity contribution in [1.82, 2.24) is 10.2 Å². The molecule has 2 rings (SSSR count). The number of ether oxygens (including phenoxy) is 1. The number of amides is 2.